The van der Waals surface area contributed by atoms with Crippen LogP contribution >= 0.6 is 0 Å². The smallest absolute Gasteiger partial charge is 0.227 e. The Labute approximate surface area is 146 Å². The molecule has 134 valence electrons. The van der Waals surface area contributed by atoms with Gasteiger partial charge < -0.3 is 24.1 Å². The van der Waals surface area contributed by atoms with Gasteiger partial charge in [-0.25, -0.2) is 4.98 Å². The second-order valence-electron chi connectivity index (χ2n) is 7.48. The van der Waals surface area contributed by atoms with E-state index in [0.29, 0.717) is 30.0 Å². The SMILES string of the molecule is Cc1nc2c(N(C(=O)[O-])C(C)(C)C)cc(N3CCCC3=O)cn2c1C. The number of aryl methyl sites for hydroxylation is 2. The molecule has 1 fully saturated rings. The van der Waals surface area contributed by atoms with E-state index in [1.165, 1.54) is 4.90 Å². The number of anilines is 2. The van der Waals surface area contributed by atoms with E-state index in [2.05, 4.69) is 4.98 Å². The van der Waals surface area contributed by atoms with Crippen LogP contribution in [0, 0.1) is 13.8 Å². The van der Waals surface area contributed by atoms with Gasteiger partial charge in [-0.05, 0) is 47.1 Å². The van der Waals surface area contributed by atoms with Crippen molar-refractivity contribution in [2.75, 3.05) is 16.3 Å². The molecule has 3 heterocycles. The molecule has 0 aromatic carbocycles. The lowest BCUT2D eigenvalue weighted by molar-refractivity contribution is -0.247. The fourth-order valence-electron chi connectivity index (χ4n) is 3.31. The van der Waals surface area contributed by atoms with Crippen LogP contribution in [0.2, 0.25) is 0 Å². The summed E-state index contributed by atoms with van der Waals surface area (Å²) in [7, 11) is 0. The van der Waals surface area contributed by atoms with E-state index in [4.69, 9.17) is 0 Å². The molecule has 7 nitrogen and oxygen atoms in total. The average Bonchev–Trinajstić information content (AvgIpc) is 3.03. The van der Waals surface area contributed by atoms with Gasteiger partial charge in [0.05, 0.1) is 17.1 Å². The van der Waals surface area contributed by atoms with Crippen LogP contribution in [0.3, 0.4) is 0 Å². The van der Waals surface area contributed by atoms with Crippen LogP contribution in [0.5, 0.6) is 0 Å². The van der Waals surface area contributed by atoms with Gasteiger partial charge >= 0.3 is 0 Å². The molecule has 0 N–H and O–H groups in total. The molecule has 25 heavy (non-hydrogen) atoms. The van der Waals surface area contributed by atoms with Gasteiger partial charge in [0.2, 0.25) is 5.91 Å². The van der Waals surface area contributed by atoms with Gasteiger partial charge in [0, 0.05) is 30.4 Å². The van der Waals surface area contributed by atoms with Crippen LogP contribution in [0.15, 0.2) is 12.3 Å². The van der Waals surface area contributed by atoms with Crippen molar-refractivity contribution in [2.24, 2.45) is 0 Å². The van der Waals surface area contributed by atoms with Crippen molar-refractivity contribution in [3.05, 3.63) is 23.7 Å². The summed E-state index contributed by atoms with van der Waals surface area (Å²) in [6.07, 6.45) is 1.88. The maximum absolute atomic E-state index is 12.2. The summed E-state index contributed by atoms with van der Waals surface area (Å²) in [5.41, 5.74) is 2.68. The minimum Gasteiger partial charge on any atom is -0.530 e. The number of hydrogen-bond acceptors (Lipinski definition) is 4. The molecule has 0 bridgehead atoms. The van der Waals surface area contributed by atoms with E-state index in [1.807, 2.05) is 24.4 Å². The monoisotopic (exact) mass is 343 g/mol. The summed E-state index contributed by atoms with van der Waals surface area (Å²) in [6, 6.07) is 1.73. The average molecular weight is 343 g/mol. The highest BCUT2D eigenvalue weighted by Crippen LogP contribution is 2.34. The summed E-state index contributed by atoms with van der Waals surface area (Å²) < 4.78 is 1.85. The third-order valence-corrected chi connectivity index (χ3v) is 4.64. The van der Waals surface area contributed by atoms with Gasteiger partial charge in [0.15, 0.2) is 5.65 Å². The molecule has 3 rings (SSSR count). The zero-order valence-corrected chi connectivity index (χ0v) is 15.3. The first-order chi connectivity index (χ1) is 11.6. The van der Waals surface area contributed by atoms with E-state index in [0.717, 1.165) is 17.8 Å². The third kappa shape index (κ3) is 2.83. The van der Waals surface area contributed by atoms with Crippen molar-refractivity contribution in [1.29, 1.82) is 0 Å². The van der Waals surface area contributed by atoms with Gasteiger partial charge in [0.1, 0.15) is 6.09 Å². The Morgan fingerprint density at radius 2 is 2.00 bits per heavy atom. The number of carboxylic acid groups (broad SMARTS) is 1. The first-order valence-corrected chi connectivity index (χ1v) is 8.42. The largest absolute Gasteiger partial charge is 0.530 e. The topological polar surface area (TPSA) is 81.0 Å². The lowest BCUT2D eigenvalue weighted by Crippen LogP contribution is -2.52. The van der Waals surface area contributed by atoms with Gasteiger partial charge in [0.25, 0.3) is 0 Å². The highest BCUT2D eigenvalue weighted by Gasteiger charge is 2.29. The summed E-state index contributed by atoms with van der Waals surface area (Å²) in [4.78, 5) is 31.5. The number of amides is 2. The molecule has 0 aliphatic carbocycles. The normalized spacial score (nSPS) is 15.2. The standard InChI is InChI=1S/C18H24N4O3/c1-11-12(2)21-10-13(20-8-6-7-15(20)23)9-14(16(21)19-11)22(17(24)25)18(3,4)5/h9-10H,6-8H2,1-5H3,(H,24,25)/p-1. The molecule has 0 atom stereocenters. The van der Waals surface area contributed by atoms with Crippen LogP contribution < -0.4 is 14.9 Å². The van der Waals surface area contributed by atoms with Gasteiger partial charge in [-0.1, -0.05) is 0 Å². The van der Waals surface area contributed by atoms with Gasteiger partial charge in [-0.2, -0.15) is 0 Å². The third-order valence-electron chi connectivity index (χ3n) is 4.64. The molecule has 1 saturated heterocycles. The van der Waals surface area contributed by atoms with Crippen LogP contribution in [0.25, 0.3) is 5.65 Å². The van der Waals surface area contributed by atoms with E-state index in [9.17, 15) is 14.7 Å². The number of carbonyl (C=O) groups excluding carboxylic acids is 2. The van der Waals surface area contributed by atoms with E-state index >= 15 is 0 Å². The summed E-state index contributed by atoms with van der Waals surface area (Å²) >= 11 is 0. The van der Waals surface area contributed by atoms with E-state index < -0.39 is 11.6 Å². The summed E-state index contributed by atoms with van der Waals surface area (Å²) in [5.74, 6) is 0.0514. The highest BCUT2D eigenvalue weighted by atomic mass is 16.4. The fourth-order valence-corrected chi connectivity index (χ4v) is 3.31. The highest BCUT2D eigenvalue weighted by molar-refractivity contribution is 5.98. The molecule has 7 heteroatoms. The Hall–Kier alpha value is -2.57. The molecule has 0 saturated carbocycles. The molecule has 0 spiro atoms. The number of hydrogen-bond donors (Lipinski definition) is 0. The van der Waals surface area contributed by atoms with Crippen molar-refractivity contribution in [2.45, 2.75) is 53.0 Å². The minimum absolute atomic E-state index is 0.0514. The number of rotatable bonds is 2. The molecular weight excluding hydrogens is 320 g/mol. The molecule has 0 radical (unpaired) electrons. The number of imidazole rings is 1. The predicted octanol–water partition coefficient (Wildman–Crippen LogP) is 2.03. The predicted molar refractivity (Wildman–Crippen MR) is 93.9 cm³/mol. The van der Waals surface area contributed by atoms with Gasteiger partial charge in [-0.3, -0.25) is 4.79 Å². The first-order valence-electron chi connectivity index (χ1n) is 8.42. The van der Waals surface area contributed by atoms with E-state index in [-0.39, 0.29) is 5.91 Å². The Morgan fingerprint density at radius 1 is 1.32 bits per heavy atom. The fraction of sp³-hybridized carbons (Fsp3) is 0.500. The molecule has 0 unspecified atom stereocenters. The number of aromatic nitrogens is 2. The van der Waals surface area contributed by atoms with Crippen molar-refractivity contribution in [3.63, 3.8) is 0 Å². The second kappa shape index (κ2) is 5.75. The van der Waals surface area contributed by atoms with Crippen LogP contribution in [-0.2, 0) is 4.79 Å². The zero-order chi connectivity index (χ0) is 18.5. The number of nitrogens with zero attached hydrogens (tertiary/aromatic N) is 4. The first kappa shape index (κ1) is 17.3. The maximum Gasteiger partial charge on any atom is 0.227 e. The van der Waals surface area contributed by atoms with Gasteiger partial charge in [-0.15, -0.1) is 0 Å². The molecule has 1 aliphatic heterocycles. The molecular formula is C18H23N4O3-. The summed E-state index contributed by atoms with van der Waals surface area (Å²) in [6.45, 7) is 9.85. The van der Waals surface area contributed by atoms with E-state index in [1.54, 1.807) is 31.7 Å². The number of fused-ring (bicyclic) bond motifs is 1. The Bertz CT molecular complexity index is 863. The Kier molecular flexibility index (Phi) is 3.97. The maximum atomic E-state index is 12.2. The van der Waals surface area contributed by atoms with Crippen LogP contribution in [-0.4, -0.2) is 33.5 Å². The second-order valence-corrected chi connectivity index (χ2v) is 7.48. The van der Waals surface area contributed by atoms with Crippen molar-refractivity contribution < 1.29 is 14.7 Å². The van der Waals surface area contributed by atoms with Crippen molar-refractivity contribution in [3.8, 4) is 0 Å². The molecule has 2 amide bonds. The molecule has 2 aromatic rings. The van der Waals surface area contributed by atoms with Crippen molar-refractivity contribution in [1.82, 2.24) is 9.38 Å². The van der Waals surface area contributed by atoms with Crippen LogP contribution in [0.4, 0.5) is 16.2 Å². The lowest BCUT2D eigenvalue weighted by Gasteiger charge is -2.38. The zero-order valence-electron chi connectivity index (χ0n) is 15.3. The summed E-state index contributed by atoms with van der Waals surface area (Å²) in [5, 5.41) is 11.9. The quantitative estimate of drug-likeness (QED) is 0.835. The van der Waals surface area contributed by atoms with Crippen LogP contribution in [0.1, 0.15) is 45.0 Å². The Balaban J connectivity index is 2.30. The minimum atomic E-state index is -1.29. The number of carbonyl (C=O) groups is 2. The molecule has 1 aliphatic rings. The van der Waals surface area contributed by atoms with Crippen molar-refractivity contribution >= 4 is 29.0 Å². The lowest BCUT2D eigenvalue weighted by atomic mass is 10.1. The Morgan fingerprint density at radius 3 is 2.52 bits per heavy atom. The number of pyridine rings is 1. The molecule has 2 aromatic heterocycles.